The van der Waals surface area contributed by atoms with Gasteiger partial charge in [0.1, 0.15) is 6.61 Å². The SMILES string of the molecule is C#CCOCCOCCOCCOCCC1(CCl)N=c2ccc(Cl)cc2=N1. The summed E-state index contributed by atoms with van der Waals surface area (Å²) in [5.74, 6) is 2.69. The number of hydrogen-bond acceptors (Lipinski definition) is 6. The lowest BCUT2D eigenvalue weighted by Crippen LogP contribution is -2.27. The number of terminal acetylenes is 1. The second kappa shape index (κ2) is 12.3. The molecule has 0 aliphatic carbocycles. The van der Waals surface area contributed by atoms with Gasteiger partial charge in [0.15, 0.2) is 5.66 Å². The Morgan fingerprint density at radius 2 is 1.48 bits per heavy atom. The maximum atomic E-state index is 6.11. The van der Waals surface area contributed by atoms with Crippen LogP contribution in [0.25, 0.3) is 0 Å². The first-order chi connectivity index (χ1) is 13.2. The molecule has 0 radical (unpaired) electrons. The van der Waals surface area contributed by atoms with Gasteiger partial charge in [-0.1, -0.05) is 17.5 Å². The summed E-state index contributed by atoms with van der Waals surface area (Å²) in [6.45, 7) is 3.79. The Morgan fingerprint density at radius 3 is 2.11 bits per heavy atom. The van der Waals surface area contributed by atoms with E-state index in [-0.39, 0.29) is 0 Å². The zero-order chi connectivity index (χ0) is 19.4. The van der Waals surface area contributed by atoms with Crippen molar-refractivity contribution in [1.82, 2.24) is 0 Å². The molecule has 0 saturated carbocycles. The van der Waals surface area contributed by atoms with Crippen molar-refractivity contribution in [2.75, 3.05) is 58.7 Å². The monoisotopic (exact) mass is 414 g/mol. The molecule has 8 heteroatoms. The average molecular weight is 415 g/mol. The van der Waals surface area contributed by atoms with E-state index < -0.39 is 5.66 Å². The van der Waals surface area contributed by atoms with E-state index in [4.69, 9.17) is 48.6 Å². The average Bonchev–Trinajstić information content (AvgIpc) is 3.03. The van der Waals surface area contributed by atoms with Crippen molar-refractivity contribution in [2.24, 2.45) is 9.98 Å². The van der Waals surface area contributed by atoms with Gasteiger partial charge >= 0.3 is 0 Å². The summed E-state index contributed by atoms with van der Waals surface area (Å²) in [7, 11) is 0. The molecule has 1 heterocycles. The highest BCUT2D eigenvalue weighted by Gasteiger charge is 2.30. The van der Waals surface area contributed by atoms with Gasteiger partial charge in [-0.3, -0.25) is 9.98 Å². The summed E-state index contributed by atoms with van der Waals surface area (Å²) >= 11 is 12.1. The minimum Gasteiger partial charge on any atom is -0.379 e. The highest BCUT2D eigenvalue weighted by Crippen LogP contribution is 2.21. The number of rotatable bonds is 14. The van der Waals surface area contributed by atoms with Gasteiger partial charge in [0, 0.05) is 11.4 Å². The summed E-state index contributed by atoms with van der Waals surface area (Å²) in [5, 5.41) is 2.22. The summed E-state index contributed by atoms with van der Waals surface area (Å²) in [6, 6.07) is 5.45. The van der Waals surface area contributed by atoms with Gasteiger partial charge in [-0.25, -0.2) is 0 Å². The lowest BCUT2D eigenvalue weighted by Gasteiger charge is -2.19. The van der Waals surface area contributed by atoms with Crippen molar-refractivity contribution in [3.05, 3.63) is 33.9 Å². The lowest BCUT2D eigenvalue weighted by molar-refractivity contribution is -0.000194. The number of halogens is 2. The Kier molecular flexibility index (Phi) is 10.1. The third-order valence-corrected chi connectivity index (χ3v) is 4.42. The molecule has 0 amide bonds. The third-order valence-electron chi connectivity index (χ3n) is 3.76. The number of fused-ring (bicyclic) bond motifs is 1. The van der Waals surface area contributed by atoms with Crippen LogP contribution in [0.2, 0.25) is 5.02 Å². The first-order valence-electron chi connectivity index (χ1n) is 8.75. The number of hydrogen-bond donors (Lipinski definition) is 0. The Balaban J connectivity index is 1.54. The molecular weight excluding hydrogens is 391 g/mol. The standard InChI is InChI=1S/C19H24Cl2N2O4/c1-2-6-24-8-10-26-12-13-27-11-9-25-7-5-19(15-20)22-17-4-3-16(21)14-18(17)23-19/h1,3-4,14H,5-13,15H2. The topological polar surface area (TPSA) is 61.6 Å². The van der Waals surface area contributed by atoms with Crippen molar-refractivity contribution in [3.63, 3.8) is 0 Å². The van der Waals surface area contributed by atoms with Crippen molar-refractivity contribution in [1.29, 1.82) is 0 Å². The fourth-order valence-electron chi connectivity index (χ4n) is 2.42. The molecule has 1 aromatic carbocycles. The minimum atomic E-state index is -0.676. The molecule has 2 rings (SSSR count). The second-order valence-electron chi connectivity index (χ2n) is 5.82. The van der Waals surface area contributed by atoms with E-state index in [9.17, 15) is 0 Å². The molecule has 0 N–H and O–H groups in total. The van der Waals surface area contributed by atoms with Crippen LogP contribution in [0.5, 0.6) is 0 Å². The number of nitrogens with zero attached hydrogens (tertiary/aromatic N) is 2. The Hall–Kier alpha value is -1.20. The molecular formula is C19H24Cl2N2O4. The van der Waals surface area contributed by atoms with Crippen LogP contribution in [-0.4, -0.2) is 64.4 Å². The van der Waals surface area contributed by atoms with Crippen LogP contribution >= 0.6 is 23.2 Å². The van der Waals surface area contributed by atoms with Gasteiger partial charge in [0.05, 0.1) is 62.8 Å². The Labute approximate surface area is 169 Å². The normalized spacial score (nSPS) is 17.8. The number of ether oxygens (including phenoxy) is 4. The zero-order valence-corrected chi connectivity index (χ0v) is 16.7. The van der Waals surface area contributed by atoms with Gasteiger partial charge < -0.3 is 18.9 Å². The summed E-state index contributed by atoms with van der Waals surface area (Å²) < 4.78 is 21.5. The maximum absolute atomic E-state index is 6.11. The molecule has 1 atom stereocenters. The van der Waals surface area contributed by atoms with Crippen LogP contribution in [0, 0.1) is 12.3 Å². The van der Waals surface area contributed by atoms with Crippen LogP contribution in [0.15, 0.2) is 28.2 Å². The first-order valence-corrected chi connectivity index (χ1v) is 9.66. The lowest BCUT2D eigenvalue weighted by atomic mass is 10.1. The molecule has 1 unspecified atom stereocenters. The van der Waals surface area contributed by atoms with E-state index in [1.165, 1.54) is 0 Å². The fraction of sp³-hybridized carbons (Fsp3) is 0.579. The van der Waals surface area contributed by atoms with Gasteiger partial charge in [0.25, 0.3) is 0 Å². The summed E-state index contributed by atoms with van der Waals surface area (Å²) in [6.07, 6.45) is 5.67. The van der Waals surface area contributed by atoms with Crippen molar-refractivity contribution >= 4 is 23.2 Å². The second-order valence-corrected chi connectivity index (χ2v) is 6.52. The van der Waals surface area contributed by atoms with E-state index >= 15 is 0 Å². The highest BCUT2D eigenvalue weighted by atomic mass is 35.5. The van der Waals surface area contributed by atoms with Gasteiger partial charge in [-0.05, 0) is 18.2 Å². The van der Waals surface area contributed by atoms with Crippen LogP contribution in [0.3, 0.4) is 0 Å². The molecule has 0 spiro atoms. The molecule has 1 aliphatic heterocycles. The van der Waals surface area contributed by atoms with E-state index in [1.807, 2.05) is 6.07 Å². The van der Waals surface area contributed by atoms with Crippen LogP contribution in [0.4, 0.5) is 0 Å². The van der Waals surface area contributed by atoms with E-state index in [2.05, 4.69) is 15.9 Å². The smallest absolute Gasteiger partial charge is 0.167 e. The van der Waals surface area contributed by atoms with E-state index in [1.54, 1.807) is 12.1 Å². The predicted molar refractivity (Wildman–Crippen MR) is 104 cm³/mol. The van der Waals surface area contributed by atoms with Crippen LogP contribution in [0.1, 0.15) is 6.42 Å². The fourth-order valence-corrected chi connectivity index (χ4v) is 2.84. The van der Waals surface area contributed by atoms with Crippen molar-refractivity contribution < 1.29 is 18.9 Å². The number of alkyl halides is 1. The highest BCUT2D eigenvalue weighted by molar-refractivity contribution is 6.30. The molecule has 1 aliphatic rings. The van der Waals surface area contributed by atoms with Gasteiger partial charge in [-0.15, -0.1) is 18.0 Å². The van der Waals surface area contributed by atoms with Crippen LogP contribution in [-0.2, 0) is 18.9 Å². The van der Waals surface area contributed by atoms with E-state index in [0.29, 0.717) is 70.2 Å². The molecule has 27 heavy (non-hydrogen) atoms. The summed E-state index contributed by atoms with van der Waals surface area (Å²) in [4.78, 5) is 9.26. The Morgan fingerprint density at radius 1 is 0.889 bits per heavy atom. The molecule has 148 valence electrons. The van der Waals surface area contributed by atoms with Gasteiger partial charge in [-0.2, -0.15) is 0 Å². The van der Waals surface area contributed by atoms with Crippen molar-refractivity contribution in [2.45, 2.75) is 12.1 Å². The Bertz CT molecular complexity index is 738. The van der Waals surface area contributed by atoms with Gasteiger partial charge in [0.2, 0.25) is 0 Å². The molecule has 1 aromatic rings. The quantitative estimate of drug-likeness (QED) is 0.263. The van der Waals surface area contributed by atoms with E-state index in [0.717, 1.165) is 10.7 Å². The third kappa shape index (κ3) is 7.74. The van der Waals surface area contributed by atoms with Crippen molar-refractivity contribution in [3.8, 4) is 12.3 Å². The largest absolute Gasteiger partial charge is 0.379 e. The molecule has 0 fully saturated rings. The minimum absolute atomic E-state index is 0.293. The predicted octanol–water partition coefficient (Wildman–Crippen LogP) is 1.62. The molecule has 0 bridgehead atoms. The molecule has 6 nitrogen and oxygen atoms in total. The molecule has 0 saturated heterocycles. The maximum Gasteiger partial charge on any atom is 0.167 e. The summed E-state index contributed by atoms with van der Waals surface area (Å²) in [5.41, 5.74) is -0.676. The first kappa shape index (κ1) is 22.1. The number of benzene rings is 1. The van der Waals surface area contributed by atoms with Crippen LogP contribution < -0.4 is 10.7 Å². The zero-order valence-electron chi connectivity index (χ0n) is 15.2. The molecule has 0 aromatic heterocycles.